The summed E-state index contributed by atoms with van der Waals surface area (Å²) in [5.41, 5.74) is 1.23. The van der Waals surface area contributed by atoms with Crippen LogP contribution in [0.4, 0.5) is 5.82 Å². The number of rotatable bonds is 8. The van der Waals surface area contributed by atoms with E-state index >= 15 is 0 Å². The molecule has 6 heteroatoms. The van der Waals surface area contributed by atoms with Crippen LogP contribution in [0, 0.1) is 5.41 Å². The Hall–Kier alpha value is -1.69. The first-order valence-electron chi connectivity index (χ1n) is 11.4. The van der Waals surface area contributed by atoms with Gasteiger partial charge in [-0.25, -0.2) is 9.97 Å². The first kappa shape index (κ1) is 22.0. The van der Waals surface area contributed by atoms with Crippen molar-refractivity contribution in [1.82, 2.24) is 14.9 Å². The second kappa shape index (κ2) is 9.88. The highest BCUT2D eigenvalue weighted by molar-refractivity contribution is 5.72. The number of anilines is 1. The maximum absolute atomic E-state index is 7.71. The number of nitrogens with one attached hydrogen (secondary N) is 1. The van der Waals surface area contributed by atoms with Gasteiger partial charge in [0.2, 0.25) is 0 Å². The van der Waals surface area contributed by atoms with Gasteiger partial charge < -0.3 is 9.64 Å². The lowest BCUT2D eigenvalue weighted by molar-refractivity contribution is 0.251. The topological polar surface area (TPSA) is 65.3 Å². The van der Waals surface area contributed by atoms with Gasteiger partial charge in [-0.1, -0.05) is 27.2 Å². The molecule has 0 bridgehead atoms. The third-order valence-corrected chi connectivity index (χ3v) is 6.07. The molecule has 0 unspecified atom stereocenters. The predicted molar refractivity (Wildman–Crippen MR) is 119 cm³/mol. The van der Waals surface area contributed by atoms with Crippen LogP contribution in [-0.4, -0.2) is 60.1 Å². The maximum atomic E-state index is 7.71. The molecule has 1 N–H and O–H groups in total. The van der Waals surface area contributed by atoms with Gasteiger partial charge in [-0.05, 0) is 39.2 Å². The van der Waals surface area contributed by atoms with E-state index in [1.54, 1.807) is 0 Å². The first-order chi connectivity index (χ1) is 13.9. The zero-order valence-corrected chi connectivity index (χ0v) is 18.8. The van der Waals surface area contributed by atoms with Crippen LogP contribution in [0.25, 0.3) is 0 Å². The molecule has 162 valence electrons. The zero-order chi connectivity index (χ0) is 20.9. The van der Waals surface area contributed by atoms with Gasteiger partial charge >= 0.3 is 0 Å². The molecule has 1 aliphatic carbocycles. The number of ether oxygens (including phenoxy) is 1. The van der Waals surface area contributed by atoms with E-state index in [0.717, 1.165) is 63.6 Å². The standard InChI is InChI=1S/C23H39N5O/c1-5-29-20(24)11-6-7-12-27-13-15-28(16-14-27)21-17-19(18-9-8-10-18)25-22(26-21)23(2,3)4/h17-18,24H,5-16H2,1-4H3. The number of nitrogens with zero attached hydrogens (tertiary/aromatic N) is 4. The van der Waals surface area contributed by atoms with E-state index in [-0.39, 0.29) is 5.41 Å². The normalized spacial score (nSPS) is 18.6. The highest BCUT2D eigenvalue weighted by Crippen LogP contribution is 2.37. The first-order valence-corrected chi connectivity index (χ1v) is 11.4. The summed E-state index contributed by atoms with van der Waals surface area (Å²) in [6, 6.07) is 2.26. The lowest BCUT2D eigenvalue weighted by Crippen LogP contribution is -2.47. The third-order valence-electron chi connectivity index (χ3n) is 6.07. The van der Waals surface area contributed by atoms with Gasteiger partial charge in [-0.15, -0.1) is 0 Å². The van der Waals surface area contributed by atoms with Crippen molar-refractivity contribution in [3.8, 4) is 0 Å². The summed E-state index contributed by atoms with van der Waals surface area (Å²) in [6.07, 6.45) is 6.79. The smallest absolute Gasteiger partial charge is 0.180 e. The van der Waals surface area contributed by atoms with Crippen molar-refractivity contribution in [1.29, 1.82) is 5.41 Å². The summed E-state index contributed by atoms with van der Waals surface area (Å²) in [5.74, 6) is 3.17. The Morgan fingerprint density at radius 3 is 2.45 bits per heavy atom. The molecule has 6 nitrogen and oxygen atoms in total. The summed E-state index contributed by atoms with van der Waals surface area (Å²) in [7, 11) is 0. The molecule has 2 fully saturated rings. The van der Waals surface area contributed by atoms with Crippen LogP contribution < -0.4 is 4.90 Å². The molecular formula is C23H39N5O. The Bertz CT molecular complexity index is 672. The highest BCUT2D eigenvalue weighted by atomic mass is 16.5. The van der Waals surface area contributed by atoms with Gasteiger partial charge in [-0.3, -0.25) is 10.3 Å². The molecule has 2 heterocycles. The monoisotopic (exact) mass is 401 g/mol. The minimum Gasteiger partial charge on any atom is -0.481 e. The van der Waals surface area contributed by atoms with Crippen molar-refractivity contribution >= 4 is 11.7 Å². The molecule has 2 aliphatic rings. The van der Waals surface area contributed by atoms with E-state index in [1.165, 1.54) is 25.0 Å². The molecule has 3 rings (SSSR count). The third kappa shape index (κ3) is 6.14. The maximum Gasteiger partial charge on any atom is 0.180 e. The molecule has 0 spiro atoms. The number of aromatic nitrogens is 2. The summed E-state index contributed by atoms with van der Waals surface area (Å²) in [5, 5.41) is 7.71. The van der Waals surface area contributed by atoms with Crippen molar-refractivity contribution in [2.75, 3.05) is 44.2 Å². The lowest BCUT2D eigenvalue weighted by Gasteiger charge is -2.36. The Kier molecular flexibility index (Phi) is 7.49. The fraction of sp³-hybridized carbons (Fsp3) is 0.783. The van der Waals surface area contributed by atoms with Crippen LogP contribution in [0.15, 0.2) is 6.07 Å². The summed E-state index contributed by atoms with van der Waals surface area (Å²) < 4.78 is 5.22. The highest BCUT2D eigenvalue weighted by Gasteiger charge is 2.27. The Morgan fingerprint density at radius 2 is 1.86 bits per heavy atom. The second-order valence-electron chi connectivity index (χ2n) is 9.49. The second-order valence-corrected chi connectivity index (χ2v) is 9.49. The van der Waals surface area contributed by atoms with E-state index in [0.29, 0.717) is 18.4 Å². The molecule has 1 saturated heterocycles. The minimum absolute atomic E-state index is 0.0223. The molecule has 1 aromatic rings. The van der Waals surface area contributed by atoms with Gasteiger partial charge in [-0.2, -0.15) is 0 Å². The van der Waals surface area contributed by atoms with E-state index in [2.05, 4.69) is 36.6 Å². The fourth-order valence-electron chi connectivity index (χ4n) is 3.93. The van der Waals surface area contributed by atoms with Crippen molar-refractivity contribution in [2.45, 2.75) is 77.6 Å². The van der Waals surface area contributed by atoms with E-state index in [4.69, 9.17) is 20.1 Å². The van der Waals surface area contributed by atoms with Crippen LogP contribution in [0.5, 0.6) is 0 Å². The average Bonchev–Trinajstić information content (AvgIpc) is 2.64. The number of piperazine rings is 1. The predicted octanol–water partition coefficient (Wildman–Crippen LogP) is 4.35. The average molecular weight is 402 g/mol. The minimum atomic E-state index is -0.0223. The van der Waals surface area contributed by atoms with Gasteiger partial charge in [0.25, 0.3) is 0 Å². The summed E-state index contributed by atoms with van der Waals surface area (Å²) in [6.45, 7) is 14.5. The SMILES string of the molecule is CCOC(=N)CCCCN1CCN(c2cc(C3CCC3)nc(C(C)(C)C)n2)CC1. The van der Waals surface area contributed by atoms with Crippen molar-refractivity contribution in [3.05, 3.63) is 17.6 Å². The van der Waals surface area contributed by atoms with Gasteiger partial charge in [0, 0.05) is 55.7 Å². The fourth-order valence-corrected chi connectivity index (χ4v) is 3.93. The molecular weight excluding hydrogens is 362 g/mol. The number of unbranched alkanes of at least 4 members (excludes halogenated alkanes) is 1. The molecule has 0 atom stereocenters. The molecule has 1 aliphatic heterocycles. The molecule has 29 heavy (non-hydrogen) atoms. The van der Waals surface area contributed by atoms with Crippen molar-refractivity contribution in [3.63, 3.8) is 0 Å². The van der Waals surface area contributed by atoms with Crippen LogP contribution in [0.2, 0.25) is 0 Å². The van der Waals surface area contributed by atoms with Gasteiger partial charge in [0.1, 0.15) is 11.6 Å². The largest absolute Gasteiger partial charge is 0.481 e. The Balaban J connectivity index is 1.53. The summed E-state index contributed by atoms with van der Waals surface area (Å²) in [4.78, 5) is 14.9. The van der Waals surface area contributed by atoms with E-state index in [9.17, 15) is 0 Å². The van der Waals surface area contributed by atoms with Crippen LogP contribution in [0.1, 0.15) is 83.7 Å². The number of hydrogen-bond donors (Lipinski definition) is 1. The van der Waals surface area contributed by atoms with Gasteiger partial charge in [0.15, 0.2) is 5.90 Å². The van der Waals surface area contributed by atoms with E-state index < -0.39 is 0 Å². The lowest BCUT2D eigenvalue weighted by atomic mass is 9.82. The molecule has 0 radical (unpaired) electrons. The van der Waals surface area contributed by atoms with Crippen LogP contribution in [0.3, 0.4) is 0 Å². The quantitative estimate of drug-likeness (QED) is 0.399. The Labute approximate surface area is 176 Å². The molecule has 1 saturated carbocycles. The molecule has 0 amide bonds. The van der Waals surface area contributed by atoms with Crippen LogP contribution >= 0.6 is 0 Å². The molecule has 0 aromatic carbocycles. The van der Waals surface area contributed by atoms with Crippen molar-refractivity contribution in [2.24, 2.45) is 0 Å². The zero-order valence-electron chi connectivity index (χ0n) is 18.8. The molecule has 1 aromatic heterocycles. The Morgan fingerprint density at radius 1 is 1.14 bits per heavy atom. The number of hydrogen-bond acceptors (Lipinski definition) is 6. The summed E-state index contributed by atoms with van der Waals surface area (Å²) >= 11 is 0. The van der Waals surface area contributed by atoms with Crippen molar-refractivity contribution < 1.29 is 4.74 Å². The van der Waals surface area contributed by atoms with E-state index in [1.807, 2.05) is 6.92 Å². The van der Waals surface area contributed by atoms with Crippen LogP contribution in [-0.2, 0) is 10.2 Å². The van der Waals surface area contributed by atoms with Gasteiger partial charge in [0.05, 0.1) is 6.61 Å².